The highest BCUT2D eigenvalue weighted by Gasteiger charge is 2.11. The second-order valence-corrected chi connectivity index (χ2v) is 6.15. The molecular formula is C16H30N4O. The van der Waals surface area contributed by atoms with Gasteiger partial charge in [0.2, 0.25) is 5.91 Å². The standard InChI is InChI=1S/C16H30N4O/c1-12(2)7-9-18-16(21)15(5)17-8-6-10-20-14(4)11-13(3)19-20/h11-12,15,17H,6-10H2,1-5H3,(H,18,21). The molecule has 1 unspecified atom stereocenters. The molecule has 1 heterocycles. The van der Waals surface area contributed by atoms with E-state index in [1.165, 1.54) is 5.69 Å². The number of carbonyl (C=O) groups excluding carboxylic acids is 1. The van der Waals surface area contributed by atoms with Crippen molar-refractivity contribution < 1.29 is 4.79 Å². The summed E-state index contributed by atoms with van der Waals surface area (Å²) in [7, 11) is 0. The molecule has 0 aliphatic carbocycles. The van der Waals surface area contributed by atoms with Gasteiger partial charge in [-0.3, -0.25) is 9.48 Å². The Kier molecular flexibility index (Phi) is 7.43. The van der Waals surface area contributed by atoms with E-state index in [4.69, 9.17) is 0 Å². The number of nitrogens with one attached hydrogen (secondary N) is 2. The normalized spacial score (nSPS) is 12.7. The molecule has 0 fully saturated rings. The minimum absolute atomic E-state index is 0.0850. The maximum absolute atomic E-state index is 11.9. The van der Waals surface area contributed by atoms with Crippen LogP contribution in [0.4, 0.5) is 0 Å². The number of nitrogens with zero attached hydrogens (tertiary/aromatic N) is 2. The molecule has 0 spiro atoms. The Morgan fingerprint density at radius 3 is 2.57 bits per heavy atom. The van der Waals surface area contributed by atoms with Crippen LogP contribution >= 0.6 is 0 Å². The van der Waals surface area contributed by atoms with Crippen LogP contribution in [-0.4, -0.2) is 34.8 Å². The maximum Gasteiger partial charge on any atom is 0.236 e. The number of aromatic nitrogens is 2. The lowest BCUT2D eigenvalue weighted by atomic mass is 10.1. The second kappa shape index (κ2) is 8.82. The molecular weight excluding hydrogens is 264 g/mol. The lowest BCUT2D eigenvalue weighted by molar-refractivity contribution is -0.122. The summed E-state index contributed by atoms with van der Waals surface area (Å²) < 4.78 is 2.02. The Balaban J connectivity index is 2.16. The van der Waals surface area contributed by atoms with Gasteiger partial charge in [0.25, 0.3) is 0 Å². The van der Waals surface area contributed by atoms with Gasteiger partial charge in [-0.15, -0.1) is 0 Å². The van der Waals surface area contributed by atoms with Gasteiger partial charge in [-0.25, -0.2) is 0 Å². The van der Waals surface area contributed by atoms with E-state index in [0.717, 1.165) is 38.2 Å². The predicted molar refractivity (Wildman–Crippen MR) is 86.2 cm³/mol. The minimum Gasteiger partial charge on any atom is -0.355 e. The zero-order chi connectivity index (χ0) is 15.8. The van der Waals surface area contributed by atoms with E-state index in [1.807, 2.05) is 18.5 Å². The third kappa shape index (κ3) is 6.76. The summed E-state index contributed by atoms with van der Waals surface area (Å²) in [4.78, 5) is 11.9. The Hall–Kier alpha value is -1.36. The third-order valence-electron chi connectivity index (χ3n) is 3.51. The highest BCUT2D eigenvalue weighted by molar-refractivity contribution is 5.81. The van der Waals surface area contributed by atoms with Crippen LogP contribution < -0.4 is 10.6 Å². The lowest BCUT2D eigenvalue weighted by Crippen LogP contribution is -2.43. The Bertz CT molecular complexity index is 439. The fourth-order valence-corrected chi connectivity index (χ4v) is 2.18. The molecule has 0 aromatic carbocycles. The van der Waals surface area contributed by atoms with Crippen molar-refractivity contribution in [2.45, 2.75) is 60.0 Å². The van der Waals surface area contributed by atoms with Crippen molar-refractivity contribution in [3.05, 3.63) is 17.5 Å². The highest BCUT2D eigenvalue weighted by atomic mass is 16.2. The summed E-state index contributed by atoms with van der Waals surface area (Å²) >= 11 is 0. The van der Waals surface area contributed by atoms with Gasteiger partial charge in [0, 0.05) is 18.8 Å². The van der Waals surface area contributed by atoms with Gasteiger partial charge < -0.3 is 10.6 Å². The predicted octanol–water partition coefficient (Wildman–Crippen LogP) is 2.03. The molecule has 0 saturated carbocycles. The first-order valence-electron chi connectivity index (χ1n) is 7.92. The van der Waals surface area contributed by atoms with E-state index >= 15 is 0 Å². The number of hydrogen-bond donors (Lipinski definition) is 2. The van der Waals surface area contributed by atoms with E-state index in [9.17, 15) is 4.79 Å². The second-order valence-electron chi connectivity index (χ2n) is 6.15. The molecule has 5 heteroatoms. The van der Waals surface area contributed by atoms with Crippen LogP contribution in [-0.2, 0) is 11.3 Å². The van der Waals surface area contributed by atoms with Gasteiger partial charge in [-0.05, 0) is 52.1 Å². The minimum atomic E-state index is -0.141. The SMILES string of the molecule is Cc1cc(C)n(CCCNC(C)C(=O)NCCC(C)C)n1. The van der Waals surface area contributed by atoms with Gasteiger partial charge in [0.15, 0.2) is 0 Å². The van der Waals surface area contributed by atoms with Crippen LogP contribution in [0.25, 0.3) is 0 Å². The summed E-state index contributed by atoms with van der Waals surface area (Å²) in [5.74, 6) is 0.705. The molecule has 1 aromatic heterocycles. The van der Waals surface area contributed by atoms with Crippen LogP contribution in [0.5, 0.6) is 0 Å². The topological polar surface area (TPSA) is 59.0 Å². The number of rotatable bonds is 9. The largest absolute Gasteiger partial charge is 0.355 e. The monoisotopic (exact) mass is 294 g/mol. The number of amides is 1. The first kappa shape index (κ1) is 17.7. The Labute approximate surface area is 128 Å². The average molecular weight is 294 g/mol. The molecule has 2 N–H and O–H groups in total. The van der Waals surface area contributed by atoms with Crippen LogP contribution in [0.3, 0.4) is 0 Å². The molecule has 120 valence electrons. The Morgan fingerprint density at radius 2 is 2.00 bits per heavy atom. The molecule has 0 radical (unpaired) electrons. The van der Waals surface area contributed by atoms with E-state index in [0.29, 0.717) is 5.92 Å². The summed E-state index contributed by atoms with van der Waals surface area (Å²) in [6.07, 6.45) is 1.99. The molecule has 0 bridgehead atoms. The van der Waals surface area contributed by atoms with Crippen molar-refractivity contribution >= 4 is 5.91 Å². The smallest absolute Gasteiger partial charge is 0.236 e. The van der Waals surface area contributed by atoms with E-state index < -0.39 is 0 Å². The average Bonchev–Trinajstić information content (AvgIpc) is 2.72. The zero-order valence-corrected chi connectivity index (χ0v) is 14.1. The summed E-state index contributed by atoms with van der Waals surface area (Å²) in [6, 6.07) is 1.94. The summed E-state index contributed by atoms with van der Waals surface area (Å²) in [5, 5.41) is 10.7. The Morgan fingerprint density at radius 1 is 1.29 bits per heavy atom. The molecule has 1 aromatic rings. The molecule has 5 nitrogen and oxygen atoms in total. The van der Waals surface area contributed by atoms with E-state index in [-0.39, 0.29) is 11.9 Å². The maximum atomic E-state index is 11.9. The van der Waals surface area contributed by atoms with Crippen LogP contribution in [0.1, 0.15) is 45.0 Å². The fraction of sp³-hybridized carbons (Fsp3) is 0.750. The van der Waals surface area contributed by atoms with Crippen molar-refractivity contribution in [2.75, 3.05) is 13.1 Å². The fourth-order valence-electron chi connectivity index (χ4n) is 2.18. The molecule has 0 saturated heterocycles. The van der Waals surface area contributed by atoms with E-state index in [1.54, 1.807) is 0 Å². The summed E-state index contributed by atoms with van der Waals surface area (Å²) in [6.45, 7) is 12.8. The molecule has 1 amide bonds. The molecule has 0 aliphatic rings. The van der Waals surface area contributed by atoms with E-state index in [2.05, 4.69) is 42.6 Å². The quantitative estimate of drug-likeness (QED) is 0.685. The van der Waals surface area contributed by atoms with Gasteiger partial charge in [-0.1, -0.05) is 13.8 Å². The molecule has 1 rings (SSSR count). The van der Waals surface area contributed by atoms with Gasteiger partial charge >= 0.3 is 0 Å². The lowest BCUT2D eigenvalue weighted by Gasteiger charge is -2.14. The van der Waals surface area contributed by atoms with Crippen molar-refractivity contribution in [3.8, 4) is 0 Å². The molecule has 21 heavy (non-hydrogen) atoms. The molecule has 0 aliphatic heterocycles. The first-order valence-corrected chi connectivity index (χ1v) is 7.92. The van der Waals surface area contributed by atoms with Crippen molar-refractivity contribution in [2.24, 2.45) is 5.92 Å². The van der Waals surface area contributed by atoms with Crippen LogP contribution in [0.2, 0.25) is 0 Å². The van der Waals surface area contributed by atoms with Gasteiger partial charge in [0.1, 0.15) is 0 Å². The van der Waals surface area contributed by atoms with Gasteiger partial charge in [0.05, 0.1) is 11.7 Å². The molecule has 1 atom stereocenters. The summed E-state index contributed by atoms with van der Waals surface area (Å²) in [5.41, 5.74) is 2.24. The van der Waals surface area contributed by atoms with Crippen molar-refractivity contribution in [3.63, 3.8) is 0 Å². The first-order chi connectivity index (χ1) is 9.90. The highest BCUT2D eigenvalue weighted by Crippen LogP contribution is 2.02. The number of aryl methyl sites for hydroxylation is 3. The zero-order valence-electron chi connectivity index (χ0n) is 14.1. The van der Waals surface area contributed by atoms with Crippen molar-refractivity contribution in [1.29, 1.82) is 0 Å². The third-order valence-corrected chi connectivity index (χ3v) is 3.51. The number of hydrogen-bond acceptors (Lipinski definition) is 3. The van der Waals surface area contributed by atoms with Crippen LogP contribution in [0, 0.1) is 19.8 Å². The van der Waals surface area contributed by atoms with Crippen molar-refractivity contribution in [1.82, 2.24) is 20.4 Å². The van der Waals surface area contributed by atoms with Gasteiger partial charge in [-0.2, -0.15) is 5.10 Å². The number of carbonyl (C=O) groups is 1. The van der Waals surface area contributed by atoms with Crippen LogP contribution in [0.15, 0.2) is 6.07 Å².